The van der Waals surface area contributed by atoms with Gasteiger partial charge in [-0.25, -0.2) is 4.39 Å². The number of carbonyl (C=O) groups is 2. The molecule has 7 heteroatoms. The number of ether oxygens (including phenoxy) is 1. The van der Waals surface area contributed by atoms with E-state index in [0.29, 0.717) is 12.8 Å². The van der Waals surface area contributed by atoms with Gasteiger partial charge in [-0.3, -0.25) is 9.59 Å². The van der Waals surface area contributed by atoms with Crippen LogP contribution in [0.25, 0.3) is 0 Å². The molecule has 0 heterocycles. The monoisotopic (exact) mass is 454 g/mol. The van der Waals surface area contributed by atoms with E-state index >= 15 is 0 Å². The van der Waals surface area contributed by atoms with E-state index in [2.05, 4.69) is 25.5 Å². The van der Waals surface area contributed by atoms with Gasteiger partial charge in [0.15, 0.2) is 9.76 Å². The lowest BCUT2D eigenvalue weighted by atomic mass is 9.79. The van der Waals surface area contributed by atoms with Crippen LogP contribution in [-0.2, 0) is 30.8 Å². The van der Waals surface area contributed by atoms with E-state index in [1.165, 1.54) is 19.2 Å². The van der Waals surface area contributed by atoms with Crippen molar-refractivity contribution < 1.29 is 28.2 Å². The lowest BCUT2D eigenvalue weighted by Crippen LogP contribution is -2.39. The Bertz CT molecular complexity index is 770. The molecule has 0 fully saturated rings. The fourth-order valence-electron chi connectivity index (χ4n) is 3.37. The number of ketones is 1. The topological polar surface area (TPSA) is 72.8 Å². The van der Waals surface area contributed by atoms with Gasteiger partial charge in [-0.05, 0) is 60.9 Å². The summed E-state index contributed by atoms with van der Waals surface area (Å²) in [6, 6.07) is 4.64. The first-order valence-corrected chi connectivity index (χ1v) is 12.1. The first-order valence-electron chi connectivity index (χ1n) is 10.8. The molecule has 176 valence electrons. The number of methoxy groups -OCH3 is 1. The standard InChI is InChI=1S/C24H39FO5Si/c1-16(2)24(28,15-19(26)14-21(27)29-8)12-11-17-9-10-18(25)13-20(17)23(6,7)30-31-22(3,4)5/h9-10,13,16,28H,11-12,14-15,31H2,1-8H3. The quantitative estimate of drug-likeness (QED) is 0.308. The van der Waals surface area contributed by atoms with Crippen molar-refractivity contribution in [2.24, 2.45) is 5.92 Å². The van der Waals surface area contributed by atoms with Crippen molar-refractivity contribution in [1.29, 1.82) is 0 Å². The van der Waals surface area contributed by atoms with Gasteiger partial charge in [-0.1, -0.05) is 40.7 Å². The van der Waals surface area contributed by atoms with E-state index < -0.39 is 26.9 Å². The highest BCUT2D eigenvalue weighted by molar-refractivity contribution is 6.31. The molecular weight excluding hydrogens is 415 g/mol. The van der Waals surface area contributed by atoms with Crippen LogP contribution >= 0.6 is 0 Å². The summed E-state index contributed by atoms with van der Waals surface area (Å²) in [4.78, 5) is 23.7. The molecule has 1 atom stereocenters. The van der Waals surface area contributed by atoms with Crippen molar-refractivity contribution in [3.63, 3.8) is 0 Å². The Hall–Kier alpha value is -1.57. The van der Waals surface area contributed by atoms with Crippen LogP contribution in [0.5, 0.6) is 0 Å². The minimum atomic E-state index is -1.28. The fraction of sp³-hybridized carbons (Fsp3) is 0.667. The molecule has 0 amide bonds. The van der Waals surface area contributed by atoms with Crippen LogP contribution in [0.2, 0.25) is 5.04 Å². The molecule has 0 aliphatic carbocycles. The van der Waals surface area contributed by atoms with Crippen molar-refractivity contribution >= 4 is 21.5 Å². The highest BCUT2D eigenvalue weighted by atomic mass is 28.2. The molecule has 0 aliphatic heterocycles. The van der Waals surface area contributed by atoms with Gasteiger partial charge in [-0.2, -0.15) is 0 Å². The Morgan fingerprint density at radius 2 is 1.77 bits per heavy atom. The average Bonchev–Trinajstić information content (AvgIpc) is 2.64. The van der Waals surface area contributed by atoms with Gasteiger partial charge >= 0.3 is 5.97 Å². The van der Waals surface area contributed by atoms with Gasteiger partial charge in [-0.15, -0.1) is 0 Å². The summed E-state index contributed by atoms with van der Waals surface area (Å²) in [5.74, 6) is -1.50. The number of aryl methyl sites for hydroxylation is 1. The fourth-order valence-corrected chi connectivity index (χ4v) is 4.32. The van der Waals surface area contributed by atoms with Crippen molar-refractivity contribution in [1.82, 2.24) is 0 Å². The molecule has 5 nitrogen and oxygen atoms in total. The number of Topliss-reactive ketones (excluding diaryl/α,β-unsaturated/α-hetero) is 1. The summed E-state index contributed by atoms with van der Waals surface area (Å²) in [7, 11) is 0.359. The van der Waals surface area contributed by atoms with E-state index in [4.69, 9.17) is 4.43 Å². The summed E-state index contributed by atoms with van der Waals surface area (Å²) in [6.07, 6.45) is 0.279. The Kier molecular flexibility index (Phi) is 9.60. The second kappa shape index (κ2) is 10.8. The third kappa shape index (κ3) is 8.83. The molecule has 1 aromatic carbocycles. The molecule has 31 heavy (non-hydrogen) atoms. The van der Waals surface area contributed by atoms with Gasteiger partial charge in [0.1, 0.15) is 18.0 Å². The molecule has 0 saturated carbocycles. The number of benzene rings is 1. The van der Waals surface area contributed by atoms with E-state index in [0.717, 1.165) is 11.1 Å². The maximum atomic E-state index is 14.1. The highest BCUT2D eigenvalue weighted by Gasteiger charge is 2.35. The van der Waals surface area contributed by atoms with Crippen molar-refractivity contribution in [3.8, 4) is 0 Å². The van der Waals surface area contributed by atoms with Gasteiger partial charge < -0.3 is 14.3 Å². The second-order valence-electron chi connectivity index (χ2n) is 10.4. The number of hydrogen-bond donors (Lipinski definition) is 1. The molecule has 0 saturated heterocycles. The smallest absolute Gasteiger partial charge is 0.313 e. The number of carbonyl (C=O) groups excluding carboxylic acids is 2. The molecule has 1 unspecified atom stereocenters. The predicted molar refractivity (Wildman–Crippen MR) is 123 cm³/mol. The minimum Gasteiger partial charge on any atom is -0.469 e. The Balaban J connectivity index is 3.07. The maximum absolute atomic E-state index is 14.1. The number of hydrogen-bond acceptors (Lipinski definition) is 5. The van der Waals surface area contributed by atoms with Gasteiger partial charge in [0.2, 0.25) is 0 Å². The zero-order valence-electron chi connectivity index (χ0n) is 20.3. The molecule has 0 bridgehead atoms. The van der Waals surface area contributed by atoms with Gasteiger partial charge in [0.25, 0.3) is 0 Å². The number of rotatable bonds is 11. The van der Waals surface area contributed by atoms with Gasteiger partial charge in [0.05, 0.1) is 18.3 Å². The molecule has 1 rings (SSSR count). The zero-order chi connectivity index (χ0) is 24.0. The van der Waals surface area contributed by atoms with E-state index in [-0.39, 0.29) is 35.4 Å². The van der Waals surface area contributed by atoms with Crippen LogP contribution < -0.4 is 0 Å². The van der Waals surface area contributed by atoms with E-state index in [9.17, 15) is 19.1 Å². The number of halogens is 1. The van der Waals surface area contributed by atoms with Crippen molar-refractivity contribution in [3.05, 3.63) is 35.1 Å². The van der Waals surface area contributed by atoms with E-state index in [1.807, 2.05) is 27.7 Å². The molecular formula is C24H39FO5Si. The highest BCUT2D eigenvalue weighted by Crippen LogP contribution is 2.34. The van der Waals surface area contributed by atoms with Crippen LogP contribution in [0.4, 0.5) is 4.39 Å². The number of aliphatic hydroxyl groups is 1. The average molecular weight is 455 g/mol. The summed E-state index contributed by atoms with van der Waals surface area (Å²) in [6.45, 7) is 14.0. The van der Waals surface area contributed by atoms with Crippen molar-refractivity contribution in [2.45, 2.75) is 90.4 Å². The van der Waals surface area contributed by atoms with Crippen LogP contribution in [0.3, 0.4) is 0 Å². The Labute approximate surface area is 188 Å². The largest absolute Gasteiger partial charge is 0.469 e. The van der Waals surface area contributed by atoms with Crippen LogP contribution in [0.15, 0.2) is 18.2 Å². The molecule has 1 aromatic rings. The van der Waals surface area contributed by atoms with Crippen LogP contribution in [0, 0.1) is 11.7 Å². The summed E-state index contributed by atoms with van der Waals surface area (Å²) >= 11 is 0. The van der Waals surface area contributed by atoms with Crippen LogP contribution in [0.1, 0.15) is 78.9 Å². The summed E-state index contributed by atoms with van der Waals surface area (Å²) < 4.78 is 24.9. The SMILES string of the molecule is COC(=O)CC(=O)CC(O)(CCc1ccc(F)cc1C(C)(C)O[SiH2]C(C)(C)C)C(C)C. The second-order valence-corrected chi connectivity index (χ2v) is 13.1. The minimum absolute atomic E-state index is 0.0999. The Morgan fingerprint density at radius 3 is 2.29 bits per heavy atom. The molecule has 0 spiro atoms. The predicted octanol–water partition coefficient (Wildman–Crippen LogP) is 4.22. The lowest BCUT2D eigenvalue weighted by Gasteiger charge is -2.34. The third-order valence-electron chi connectivity index (χ3n) is 5.56. The third-order valence-corrected chi connectivity index (χ3v) is 7.29. The van der Waals surface area contributed by atoms with Crippen molar-refractivity contribution in [2.75, 3.05) is 7.11 Å². The first-order chi connectivity index (χ1) is 14.1. The van der Waals surface area contributed by atoms with E-state index in [1.54, 1.807) is 6.07 Å². The molecule has 0 radical (unpaired) electrons. The zero-order valence-corrected chi connectivity index (χ0v) is 21.7. The first kappa shape index (κ1) is 27.5. The summed E-state index contributed by atoms with van der Waals surface area (Å²) in [5.41, 5.74) is -0.291. The maximum Gasteiger partial charge on any atom is 0.313 e. The molecule has 0 aliphatic rings. The lowest BCUT2D eigenvalue weighted by molar-refractivity contribution is -0.144. The normalized spacial score (nSPS) is 14.8. The summed E-state index contributed by atoms with van der Waals surface area (Å²) in [5, 5.41) is 11.3. The van der Waals surface area contributed by atoms with Crippen LogP contribution in [-0.4, -0.2) is 39.3 Å². The molecule has 0 aromatic heterocycles. The molecule has 1 N–H and O–H groups in total. The Morgan fingerprint density at radius 1 is 1.16 bits per heavy atom. The number of esters is 1. The van der Waals surface area contributed by atoms with Gasteiger partial charge in [0, 0.05) is 6.42 Å².